The van der Waals surface area contributed by atoms with E-state index in [-0.39, 0.29) is 17.3 Å². The van der Waals surface area contributed by atoms with Gasteiger partial charge in [-0.3, -0.25) is 0 Å². The fraction of sp³-hybridized carbons (Fsp3) is 0.143. The van der Waals surface area contributed by atoms with Crippen LogP contribution >= 0.6 is 0 Å². The smallest absolute Gasteiger partial charge is 0.339 e. The highest BCUT2D eigenvalue weighted by Gasteiger charge is 2.12. The van der Waals surface area contributed by atoms with Crippen molar-refractivity contribution in [3.05, 3.63) is 52.4 Å². The number of halogens is 1. The van der Waals surface area contributed by atoms with Crippen molar-refractivity contribution in [1.82, 2.24) is 9.55 Å². The number of ether oxygens (including phenoxy) is 1. The Morgan fingerprint density at radius 3 is 2.85 bits per heavy atom. The van der Waals surface area contributed by atoms with Gasteiger partial charge in [0.2, 0.25) is 0 Å². The highest BCUT2D eigenvalue weighted by Crippen LogP contribution is 2.27. The second-order valence-corrected chi connectivity index (χ2v) is 4.46. The number of benzene rings is 1. The van der Waals surface area contributed by atoms with E-state index in [9.17, 15) is 9.18 Å². The second kappa shape index (κ2) is 4.48. The highest BCUT2D eigenvalue weighted by atomic mass is 19.1. The maximum Gasteiger partial charge on any atom is 0.339 e. The number of aromatic nitrogens is 2. The number of fused-ring (bicyclic) bond motifs is 1. The summed E-state index contributed by atoms with van der Waals surface area (Å²) in [7, 11) is 1.73. The predicted molar refractivity (Wildman–Crippen MR) is 70.5 cm³/mol. The van der Waals surface area contributed by atoms with Crippen molar-refractivity contribution >= 4 is 11.0 Å². The van der Waals surface area contributed by atoms with Crippen LogP contribution in [0.5, 0.6) is 11.8 Å². The van der Waals surface area contributed by atoms with Gasteiger partial charge in [-0.25, -0.2) is 14.2 Å². The number of aryl methyl sites for hydroxylation is 2. The zero-order valence-electron chi connectivity index (χ0n) is 10.9. The summed E-state index contributed by atoms with van der Waals surface area (Å²) in [5.74, 6) is -0.590. The summed E-state index contributed by atoms with van der Waals surface area (Å²) in [5, 5.41) is 0.506. The van der Waals surface area contributed by atoms with Crippen LogP contribution in [0.2, 0.25) is 0 Å². The lowest BCUT2D eigenvalue weighted by molar-refractivity contribution is 0.397. The number of hydrogen-bond donors (Lipinski definition) is 0. The normalized spacial score (nSPS) is 10.9. The van der Waals surface area contributed by atoms with Crippen molar-refractivity contribution < 1.29 is 13.5 Å². The Kier molecular flexibility index (Phi) is 2.78. The molecule has 3 aromatic rings. The molecule has 0 saturated carbocycles. The lowest BCUT2D eigenvalue weighted by Crippen LogP contribution is -2.02. The zero-order chi connectivity index (χ0) is 14.3. The zero-order valence-corrected chi connectivity index (χ0v) is 10.9. The largest absolute Gasteiger partial charge is 0.422 e. The molecule has 0 N–H and O–H groups in total. The molecular formula is C14H11FN2O3. The lowest BCUT2D eigenvalue weighted by atomic mass is 10.2. The third-order valence-corrected chi connectivity index (χ3v) is 2.94. The fourth-order valence-corrected chi connectivity index (χ4v) is 1.85. The topological polar surface area (TPSA) is 57.3 Å². The van der Waals surface area contributed by atoms with Crippen LogP contribution in [-0.2, 0) is 7.05 Å². The Bertz CT molecular complexity index is 851. The first-order valence-electron chi connectivity index (χ1n) is 5.94. The van der Waals surface area contributed by atoms with Crippen molar-refractivity contribution in [2.75, 3.05) is 0 Å². The van der Waals surface area contributed by atoms with Gasteiger partial charge in [-0.1, -0.05) is 0 Å². The van der Waals surface area contributed by atoms with E-state index in [4.69, 9.17) is 9.15 Å². The van der Waals surface area contributed by atoms with Gasteiger partial charge in [-0.05, 0) is 19.1 Å². The second-order valence-electron chi connectivity index (χ2n) is 4.46. The third-order valence-electron chi connectivity index (χ3n) is 2.94. The Morgan fingerprint density at radius 2 is 2.15 bits per heavy atom. The molecule has 0 bridgehead atoms. The SMILES string of the molecule is Cc1cc2cc(F)c(Oc3nccn3C)cc2oc1=O. The summed E-state index contributed by atoms with van der Waals surface area (Å²) in [6, 6.07) is 4.44. The molecule has 0 radical (unpaired) electrons. The Balaban J connectivity index is 2.12. The van der Waals surface area contributed by atoms with E-state index in [1.165, 1.54) is 18.3 Å². The van der Waals surface area contributed by atoms with Crippen LogP contribution in [0.3, 0.4) is 0 Å². The molecule has 20 heavy (non-hydrogen) atoms. The van der Waals surface area contributed by atoms with Gasteiger partial charge in [0.05, 0.1) is 0 Å². The number of imidazole rings is 1. The molecule has 5 nitrogen and oxygen atoms in total. The maximum absolute atomic E-state index is 14.0. The lowest BCUT2D eigenvalue weighted by Gasteiger charge is -2.07. The van der Waals surface area contributed by atoms with Crippen molar-refractivity contribution in [1.29, 1.82) is 0 Å². The molecule has 0 aliphatic heterocycles. The molecule has 0 atom stereocenters. The van der Waals surface area contributed by atoms with Gasteiger partial charge in [0.15, 0.2) is 11.6 Å². The first-order valence-corrected chi connectivity index (χ1v) is 5.94. The maximum atomic E-state index is 14.0. The minimum atomic E-state index is -0.547. The average Bonchev–Trinajstić information content (AvgIpc) is 2.79. The quantitative estimate of drug-likeness (QED) is 0.674. The fourth-order valence-electron chi connectivity index (χ4n) is 1.85. The van der Waals surface area contributed by atoms with Crippen LogP contribution in [0, 0.1) is 12.7 Å². The molecule has 0 aliphatic rings. The molecule has 2 aromatic heterocycles. The number of hydrogen-bond acceptors (Lipinski definition) is 4. The standard InChI is InChI=1S/C14H11FN2O3/c1-8-5-9-6-10(15)12(7-11(9)19-13(8)18)20-14-16-3-4-17(14)2/h3-7H,1-2H3. The van der Waals surface area contributed by atoms with Crippen molar-refractivity contribution in [3.63, 3.8) is 0 Å². The molecule has 0 fully saturated rings. The van der Waals surface area contributed by atoms with Crippen molar-refractivity contribution in [3.8, 4) is 11.8 Å². The van der Waals surface area contributed by atoms with Crippen LogP contribution < -0.4 is 10.4 Å². The van der Waals surface area contributed by atoms with Crippen LogP contribution in [0.1, 0.15) is 5.56 Å². The molecule has 0 amide bonds. The van der Waals surface area contributed by atoms with Gasteiger partial charge >= 0.3 is 11.6 Å². The Labute approximate surface area is 113 Å². The number of rotatable bonds is 2. The van der Waals surface area contributed by atoms with Gasteiger partial charge < -0.3 is 13.7 Å². The predicted octanol–water partition coefficient (Wildman–Crippen LogP) is 2.77. The first-order chi connectivity index (χ1) is 9.54. The van der Waals surface area contributed by atoms with Crippen LogP contribution in [0.25, 0.3) is 11.0 Å². The van der Waals surface area contributed by atoms with E-state index in [2.05, 4.69) is 4.98 Å². The molecular weight excluding hydrogens is 263 g/mol. The molecule has 6 heteroatoms. The van der Waals surface area contributed by atoms with E-state index in [0.717, 1.165) is 0 Å². The average molecular weight is 274 g/mol. The van der Waals surface area contributed by atoms with Gasteiger partial charge in [-0.15, -0.1) is 0 Å². The van der Waals surface area contributed by atoms with Gasteiger partial charge in [0.1, 0.15) is 5.58 Å². The Morgan fingerprint density at radius 1 is 1.35 bits per heavy atom. The van der Waals surface area contributed by atoms with E-state index in [1.54, 1.807) is 30.8 Å². The summed E-state index contributed by atoms with van der Waals surface area (Å²) in [5.41, 5.74) is 0.243. The van der Waals surface area contributed by atoms with Gasteiger partial charge in [0.25, 0.3) is 0 Å². The van der Waals surface area contributed by atoms with Crippen molar-refractivity contribution in [2.45, 2.75) is 6.92 Å². The minimum absolute atomic E-state index is 0.0428. The van der Waals surface area contributed by atoms with Crippen LogP contribution in [0.4, 0.5) is 4.39 Å². The van der Waals surface area contributed by atoms with E-state index in [0.29, 0.717) is 10.9 Å². The van der Waals surface area contributed by atoms with E-state index in [1.807, 2.05) is 0 Å². The third kappa shape index (κ3) is 2.05. The van der Waals surface area contributed by atoms with Crippen LogP contribution in [0.15, 0.2) is 39.8 Å². The molecule has 2 heterocycles. The summed E-state index contributed by atoms with van der Waals surface area (Å²) in [4.78, 5) is 15.4. The van der Waals surface area contributed by atoms with E-state index < -0.39 is 11.4 Å². The van der Waals surface area contributed by atoms with Gasteiger partial charge in [-0.2, -0.15) is 0 Å². The summed E-state index contributed by atoms with van der Waals surface area (Å²) in [6.45, 7) is 1.61. The summed E-state index contributed by atoms with van der Waals surface area (Å²) in [6.07, 6.45) is 3.22. The monoisotopic (exact) mass is 274 g/mol. The first kappa shape index (κ1) is 12.4. The number of nitrogens with zero attached hydrogens (tertiary/aromatic N) is 2. The van der Waals surface area contributed by atoms with Gasteiger partial charge in [0, 0.05) is 36.5 Å². The Hall–Kier alpha value is -2.63. The molecule has 102 valence electrons. The van der Waals surface area contributed by atoms with Crippen LogP contribution in [-0.4, -0.2) is 9.55 Å². The molecule has 0 aliphatic carbocycles. The highest BCUT2D eigenvalue weighted by molar-refractivity contribution is 5.78. The molecule has 0 spiro atoms. The summed E-state index contributed by atoms with van der Waals surface area (Å²) < 4.78 is 26.1. The minimum Gasteiger partial charge on any atom is -0.422 e. The van der Waals surface area contributed by atoms with Crippen molar-refractivity contribution in [2.24, 2.45) is 7.05 Å². The molecule has 1 aromatic carbocycles. The molecule has 0 saturated heterocycles. The van der Waals surface area contributed by atoms with E-state index >= 15 is 0 Å². The molecule has 3 rings (SSSR count). The summed E-state index contributed by atoms with van der Waals surface area (Å²) >= 11 is 0. The molecule has 0 unspecified atom stereocenters.